The third-order valence-electron chi connectivity index (χ3n) is 6.74. The first-order valence-corrected chi connectivity index (χ1v) is 15.1. The fraction of sp³-hybridized carbons (Fsp3) is 0.273. The van der Waals surface area contributed by atoms with Gasteiger partial charge in [0, 0.05) is 37.6 Å². The van der Waals surface area contributed by atoms with Crippen molar-refractivity contribution < 1.29 is 62.5 Å². The number of aromatic nitrogens is 6. The summed E-state index contributed by atoms with van der Waals surface area (Å²) in [5.74, 6) is -5.58. The number of fused-ring (bicyclic) bond motifs is 2. The van der Waals surface area contributed by atoms with E-state index in [0.717, 1.165) is 48.0 Å². The van der Waals surface area contributed by atoms with Crippen LogP contribution in [0.3, 0.4) is 0 Å². The van der Waals surface area contributed by atoms with Crippen molar-refractivity contribution >= 4 is 11.0 Å². The van der Waals surface area contributed by atoms with Crippen molar-refractivity contribution in [2.24, 2.45) is 0 Å². The van der Waals surface area contributed by atoms with Gasteiger partial charge in [-0.2, -0.15) is 22.0 Å². The van der Waals surface area contributed by atoms with Crippen molar-refractivity contribution in [1.29, 1.82) is 0 Å². The maximum absolute atomic E-state index is 13.5. The van der Waals surface area contributed by atoms with Crippen LogP contribution in [0.1, 0.15) is 38.0 Å². The molecule has 4 heterocycles. The molecule has 0 N–H and O–H groups in total. The quantitative estimate of drug-likeness (QED) is 0.150. The van der Waals surface area contributed by atoms with Gasteiger partial charge in [0.2, 0.25) is 5.82 Å². The number of alkyl halides is 11. The molecule has 0 radical (unpaired) electrons. The average molecular weight is 765 g/mol. The Kier molecular flexibility index (Phi) is 11.8. The lowest BCUT2D eigenvalue weighted by Crippen LogP contribution is -2.17. The van der Waals surface area contributed by atoms with E-state index in [0.29, 0.717) is 22.3 Å². The second-order valence-corrected chi connectivity index (χ2v) is 10.6. The summed E-state index contributed by atoms with van der Waals surface area (Å²) in [7, 11) is 1.33. The van der Waals surface area contributed by atoms with E-state index in [4.69, 9.17) is 4.74 Å². The molecular weight excluding hydrogens is 737 g/mol. The van der Waals surface area contributed by atoms with Crippen LogP contribution in [0.15, 0.2) is 79.6 Å². The Morgan fingerprint density at radius 1 is 0.604 bits per heavy atom. The Balaban J connectivity index is 0.000000228. The Bertz CT molecular complexity index is 2140. The largest absolute Gasteiger partial charge is 0.573 e. The van der Waals surface area contributed by atoms with Gasteiger partial charge in [-0.3, -0.25) is 18.8 Å². The second-order valence-electron chi connectivity index (χ2n) is 10.6. The molecule has 0 spiro atoms. The molecule has 6 rings (SSSR count). The van der Waals surface area contributed by atoms with Gasteiger partial charge in [0.05, 0.1) is 53.8 Å². The van der Waals surface area contributed by atoms with E-state index in [9.17, 15) is 48.3 Å². The molecule has 0 aliphatic carbocycles. The predicted molar refractivity (Wildman–Crippen MR) is 167 cm³/mol. The fourth-order valence-corrected chi connectivity index (χ4v) is 4.74. The van der Waals surface area contributed by atoms with Gasteiger partial charge in [0.15, 0.2) is 5.82 Å². The van der Waals surface area contributed by atoms with Gasteiger partial charge in [-0.25, -0.2) is 9.97 Å². The molecule has 0 saturated carbocycles. The Morgan fingerprint density at radius 2 is 1.08 bits per heavy atom. The molecule has 6 aromatic rings. The van der Waals surface area contributed by atoms with Crippen LogP contribution >= 0.6 is 0 Å². The maximum Gasteiger partial charge on any atom is 0.573 e. The monoisotopic (exact) mass is 764 g/mol. The molecule has 2 aromatic carbocycles. The van der Waals surface area contributed by atoms with E-state index >= 15 is 0 Å². The normalized spacial score (nSPS) is 12.2. The molecule has 0 amide bonds. The minimum absolute atomic E-state index is 0.0971. The van der Waals surface area contributed by atoms with Crippen molar-refractivity contribution in [2.45, 2.75) is 52.2 Å². The van der Waals surface area contributed by atoms with Gasteiger partial charge >= 0.3 is 24.8 Å². The number of hydrogen-bond donors (Lipinski definition) is 0. The second kappa shape index (κ2) is 15.6. The van der Waals surface area contributed by atoms with Crippen LogP contribution in [0.5, 0.6) is 11.5 Å². The first kappa shape index (κ1) is 40.2. The van der Waals surface area contributed by atoms with E-state index in [-0.39, 0.29) is 29.1 Å². The van der Waals surface area contributed by atoms with Crippen LogP contribution in [0.2, 0.25) is 0 Å². The zero-order chi connectivity index (χ0) is 39.4. The maximum atomic E-state index is 13.5. The first-order chi connectivity index (χ1) is 24.7. The highest BCUT2D eigenvalue weighted by Gasteiger charge is 2.36. The van der Waals surface area contributed by atoms with Crippen LogP contribution < -0.4 is 9.47 Å². The fourth-order valence-electron chi connectivity index (χ4n) is 4.74. The molecule has 9 nitrogen and oxygen atoms in total. The lowest BCUT2D eigenvalue weighted by molar-refractivity contribution is -0.275. The molecule has 0 aliphatic rings. The molecule has 0 fully saturated rings. The summed E-state index contributed by atoms with van der Waals surface area (Å²) in [6, 6.07) is 8.37. The number of benzene rings is 2. The van der Waals surface area contributed by atoms with Crippen LogP contribution in [-0.2, 0) is 23.4 Å². The smallest absolute Gasteiger partial charge is 0.406 e. The van der Waals surface area contributed by atoms with Crippen LogP contribution in [0, 0.1) is 0 Å². The molecule has 53 heavy (non-hydrogen) atoms. The van der Waals surface area contributed by atoms with E-state index in [1.807, 2.05) is 13.8 Å². The number of imidazole rings is 2. The standard InChI is InChI=1S/C16H11F6N3O2.C15H10F5N3O.C2H6/c1-26-8-9-4-11(27-16(20,21)22)2-3-12(9)13-7-25-10(5-23-13)6-24-14(25)15(17,18)19;1-14(16,17)13-22-7-10-6-21-12(8-23(10)13)9-2-4-11(5-3-9)24-15(18,19)20;1-2/h2-7H,8H2,1H3;2-8H,1H3;1-2H3. The van der Waals surface area contributed by atoms with Gasteiger partial charge in [0.1, 0.15) is 11.5 Å². The topological polar surface area (TPSA) is 88.1 Å². The van der Waals surface area contributed by atoms with E-state index < -0.39 is 42.2 Å². The molecule has 20 heteroatoms. The summed E-state index contributed by atoms with van der Waals surface area (Å²) in [5, 5.41) is 0. The zero-order valence-corrected chi connectivity index (χ0v) is 27.8. The highest BCUT2D eigenvalue weighted by atomic mass is 19.4. The Morgan fingerprint density at radius 3 is 1.60 bits per heavy atom. The van der Waals surface area contributed by atoms with Crippen molar-refractivity contribution in [3.63, 3.8) is 0 Å². The van der Waals surface area contributed by atoms with Crippen molar-refractivity contribution in [2.75, 3.05) is 7.11 Å². The molecular formula is C33H27F11N6O3. The van der Waals surface area contributed by atoms with E-state index in [2.05, 4.69) is 29.4 Å². The molecule has 0 aliphatic heterocycles. The van der Waals surface area contributed by atoms with Crippen molar-refractivity contribution in [3.05, 3.63) is 96.9 Å². The third kappa shape index (κ3) is 10.3. The predicted octanol–water partition coefficient (Wildman–Crippen LogP) is 9.89. The molecule has 0 saturated heterocycles. The van der Waals surface area contributed by atoms with Gasteiger partial charge in [0.25, 0.3) is 0 Å². The number of hydrogen-bond acceptors (Lipinski definition) is 7. The van der Waals surface area contributed by atoms with Crippen LogP contribution in [0.4, 0.5) is 48.3 Å². The average Bonchev–Trinajstić information content (AvgIpc) is 3.70. The first-order valence-electron chi connectivity index (χ1n) is 15.1. The van der Waals surface area contributed by atoms with Crippen molar-refractivity contribution in [1.82, 2.24) is 28.7 Å². The zero-order valence-electron chi connectivity index (χ0n) is 27.8. The SMILES string of the molecule is CC.CC(F)(F)c1ncc2cnc(-c3ccc(OC(F)(F)F)cc3)cn12.COCc1cc(OC(F)(F)F)ccc1-c1cn2c(C(F)(F)F)ncc2cn1. The van der Waals surface area contributed by atoms with Gasteiger partial charge in [-0.15, -0.1) is 26.3 Å². The number of halogens is 11. The van der Waals surface area contributed by atoms with E-state index in [1.165, 1.54) is 54.5 Å². The van der Waals surface area contributed by atoms with Crippen molar-refractivity contribution in [3.8, 4) is 34.0 Å². The van der Waals surface area contributed by atoms with Gasteiger partial charge in [-0.1, -0.05) is 13.8 Å². The van der Waals surface area contributed by atoms with Gasteiger partial charge in [-0.05, 0) is 48.0 Å². The summed E-state index contributed by atoms with van der Waals surface area (Å²) in [6.45, 7) is 4.63. The lowest BCUT2D eigenvalue weighted by Gasteiger charge is -2.14. The number of methoxy groups -OCH3 is 1. The summed E-state index contributed by atoms with van der Waals surface area (Å²) >= 11 is 0. The summed E-state index contributed by atoms with van der Waals surface area (Å²) in [6.07, 6.45) is -7.02. The minimum Gasteiger partial charge on any atom is -0.406 e. The molecule has 284 valence electrons. The Hall–Kier alpha value is -5.53. The highest BCUT2D eigenvalue weighted by Crippen LogP contribution is 2.33. The van der Waals surface area contributed by atoms with E-state index in [1.54, 1.807) is 0 Å². The molecule has 4 aromatic heterocycles. The molecule has 0 bridgehead atoms. The van der Waals surface area contributed by atoms with Crippen LogP contribution in [-0.4, -0.2) is 48.6 Å². The highest BCUT2D eigenvalue weighted by molar-refractivity contribution is 5.66. The number of nitrogens with zero attached hydrogens (tertiary/aromatic N) is 6. The summed E-state index contributed by atoms with van der Waals surface area (Å²) in [4.78, 5) is 15.2. The summed E-state index contributed by atoms with van der Waals surface area (Å²) in [5.41, 5.74) is 1.94. The number of rotatable bonds is 7. The number of ether oxygens (including phenoxy) is 3. The Labute approximate surface area is 292 Å². The van der Waals surface area contributed by atoms with Crippen LogP contribution in [0.25, 0.3) is 33.5 Å². The molecule has 0 unspecified atom stereocenters. The van der Waals surface area contributed by atoms with Gasteiger partial charge < -0.3 is 14.2 Å². The minimum atomic E-state index is -4.87. The third-order valence-corrected chi connectivity index (χ3v) is 6.74. The molecule has 0 atom stereocenters. The summed E-state index contributed by atoms with van der Waals surface area (Å²) < 4.78 is 154. The lowest BCUT2D eigenvalue weighted by atomic mass is 10.0.